The van der Waals surface area contributed by atoms with Crippen molar-refractivity contribution in [2.24, 2.45) is 5.73 Å². The van der Waals surface area contributed by atoms with Gasteiger partial charge in [-0.15, -0.1) is 0 Å². The van der Waals surface area contributed by atoms with Crippen LogP contribution in [-0.4, -0.2) is 24.9 Å². The maximum Gasteiger partial charge on any atom is 0.134 e. The first-order valence-corrected chi connectivity index (χ1v) is 6.98. The predicted octanol–water partition coefficient (Wildman–Crippen LogP) is 2.46. The second-order valence-electron chi connectivity index (χ2n) is 5.19. The molecule has 1 aromatic heterocycles. The van der Waals surface area contributed by atoms with Crippen molar-refractivity contribution in [1.29, 1.82) is 5.41 Å². The number of nitrogens with two attached hydrogens (primary N) is 1. The molecular formula is C16H17FN4O. The summed E-state index contributed by atoms with van der Waals surface area (Å²) in [6.45, 7) is 0.894. The van der Waals surface area contributed by atoms with Gasteiger partial charge in [-0.2, -0.15) is 0 Å². The first-order valence-electron chi connectivity index (χ1n) is 6.98. The Bertz CT molecular complexity index is 732. The molecule has 22 heavy (non-hydrogen) atoms. The molecule has 1 unspecified atom stereocenters. The third-order valence-corrected chi connectivity index (χ3v) is 3.89. The maximum absolute atomic E-state index is 14.2. The Kier molecular flexibility index (Phi) is 3.87. The third kappa shape index (κ3) is 2.36. The summed E-state index contributed by atoms with van der Waals surface area (Å²) in [4.78, 5) is 4.23. The summed E-state index contributed by atoms with van der Waals surface area (Å²) in [6, 6.07) is 3.00. The molecular weight excluding hydrogens is 283 g/mol. The Hall–Kier alpha value is -2.31. The lowest BCUT2D eigenvalue weighted by Crippen LogP contribution is -2.24. The van der Waals surface area contributed by atoms with E-state index in [1.165, 1.54) is 6.07 Å². The number of halogens is 1. The highest BCUT2D eigenvalue weighted by Gasteiger charge is 2.22. The van der Waals surface area contributed by atoms with Gasteiger partial charge in [0.2, 0.25) is 0 Å². The van der Waals surface area contributed by atoms with E-state index in [2.05, 4.69) is 10.3 Å². The average Bonchev–Trinajstić information content (AvgIpc) is 2.54. The first-order chi connectivity index (χ1) is 10.7. The molecule has 1 aliphatic heterocycles. The lowest BCUT2D eigenvalue weighted by Gasteiger charge is -2.24. The highest BCUT2D eigenvalue weighted by Crippen LogP contribution is 2.34. The SMILES string of the molecule is CNc1cc(-c2cncc3c2COCC3N)cc(F)c1C=N. The fourth-order valence-electron chi connectivity index (χ4n) is 2.74. The molecule has 5 nitrogen and oxygen atoms in total. The Morgan fingerprint density at radius 2 is 2.27 bits per heavy atom. The number of anilines is 1. The fraction of sp³-hybridized carbons (Fsp3) is 0.250. The number of nitrogens with zero attached hydrogens (tertiary/aromatic N) is 1. The van der Waals surface area contributed by atoms with Gasteiger partial charge in [-0.05, 0) is 28.8 Å². The molecule has 1 atom stereocenters. The Morgan fingerprint density at radius 1 is 1.45 bits per heavy atom. The average molecular weight is 300 g/mol. The number of benzene rings is 1. The van der Waals surface area contributed by atoms with Gasteiger partial charge in [-0.3, -0.25) is 4.98 Å². The highest BCUT2D eigenvalue weighted by atomic mass is 19.1. The second kappa shape index (κ2) is 5.82. The van der Waals surface area contributed by atoms with Crippen LogP contribution in [0.2, 0.25) is 0 Å². The van der Waals surface area contributed by atoms with E-state index in [0.29, 0.717) is 24.5 Å². The van der Waals surface area contributed by atoms with Crippen LogP contribution in [0.5, 0.6) is 0 Å². The minimum absolute atomic E-state index is 0.217. The van der Waals surface area contributed by atoms with Crippen LogP contribution in [0.3, 0.4) is 0 Å². The van der Waals surface area contributed by atoms with Crippen molar-refractivity contribution in [2.75, 3.05) is 19.0 Å². The first kappa shape index (κ1) is 14.6. The van der Waals surface area contributed by atoms with Gasteiger partial charge in [-0.25, -0.2) is 4.39 Å². The number of hydrogen-bond donors (Lipinski definition) is 3. The standard InChI is InChI=1S/C16H17FN4O/c1-20-16-3-9(2-14(17)10(16)4-18)11-5-21-6-12-13(11)7-22-8-15(12)19/h2-6,15,18,20H,7-8,19H2,1H3. The molecule has 2 aromatic rings. The van der Waals surface area contributed by atoms with Crippen LogP contribution in [0.15, 0.2) is 24.5 Å². The third-order valence-electron chi connectivity index (χ3n) is 3.89. The second-order valence-corrected chi connectivity index (χ2v) is 5.19. The van der Waals surface area contributed by atoms with E-state index in [1.54, 1.807) is 25.5 Å². The molecule has 1 aliphatic rings. The quantitative estimate of drug-likeness (QED) is 0.760. The van der Waals surface area contributed by atoms with Gasteiger partial charge < -0.3 is 21.2 Å². The normalized spacial score (nSPS) is 17.0. The van der Waals surface area contributed by atoms with E-state index in [1.807, 2.05) is 0 Å². The van der Waals surface area contributed by atoms with Crippen molar-refractivity contribution in [3.05, 3.63) is 47.0 Å². The number of fused-ring (bicyclic) bond motifs is 1. The summed E-state index contributed by atoms with van der Waals surface area (Å²) in [6.07, 6.45) is 4.44. The number of aromatic nitrogens is 1. The van der Waals surface area contributed by atoms with E-state index in [-0.39, 0.29) is 11.6 Å². The van der Waals surface area contributed by atoms with Crippen LogP contribution in [0.4, 0.5) is 10.1 Å². The molecule has 0 saturated heterocycles. The summed E-state index contributed by atoms with van der Waals surface area (Å²) in [7, 11) is 1.70. The van der Waals surface area contributed by atoms with Gasteiger partial charge in [-0.1, -0.05) is 0 Å². The van der Waals surface area contributed by atoms with Crippen molar-refractivity contribution in [3.8, 4) is 11.1 Å². The molecule has 114 valence electrons. The topological polar surface area (TPSA) is 84.0 Å². The number of nitrogens with one attached hydrogen (secondary N) is 2. The van der Waals surface area contributed by atoms with Crippen molar-refractivity contribution in [2.45, 2.75) is 12.6 Å². The molecule has 1 aromatic carbocycles. The zero-order valence-corrected chi connectivity index (χ0v) is 12.2. The molecule has 2 heterocycles. The minimum Gasteiger partial charge on any atom is -0.387 e. The summed E-state index contributed by atoms with van der Waals surface area (Å²) in [5.41, 5.74) is 10.2. The van der Waals surface area contributed by atoms with Gasteiger partial charge in [0, 0.05) is 36.9 Å². The molecule has 0 aliphatic carbocycles. The molecule has 0 radical (unpaired) electrons. The minimum atomic E-state index is -0.449. The van der Waals surface area contributed by atoms with Gasteiger partial charge in [0.25, 0.3) is 0 Å². The Balaban J connectivity index is 2.18. The molecule has 3 rings (SSSR count). The largest absolute Gasteiger partial charge is 0.387 e. The van der Waals surface area contributed by atoms with Crippen molar-refractivity contribution in [3.63, 3.8) is 0 Å². The zero-order chi connectivity index (χ0) is 15.7. The fourth-order valence-corrected chi connectivity index (χ4v) is 2.74. The summed E-state index contributed by atoms with van der Waals surface area (Å²) >= 11 is 0. The molecule has 0 amide bonds. The lowest BCUT2D eigenvalue weighted by molar-refractivity contribution is 0.0926. The van der Waals surface area contributed by atoms with Gasteiger partial charge in [0.05, 0.1) is 24.8 Å². The lowest BCUT2D eigenvalue weighted by atomic mass is 9.93. The Labute approximate surface area is 127 Å². The summed E-state index contributed by atoms with van der Waals surface area (Å²) < 4.78 is 19.7. The highest BCUT2D eigenvalue weighted by molar-refractivity contribution is 5.88. The zero-order valence-electron chi connectivity index (χ0n) is 12.2. The van der Waals surface area contributed by atoms with Crippen LogP contribution in [0.1, 0.15) is 22.7 Å². The van der Waals surface area contributed by atoms with Gasteiger partial charge in [0.15, 0.2) is 0 Å². The van der Waals surface area contributed by atoms with Crippen LogP contribution in [0.25, 0.3) is 11.1 Å². The van der Waals surface area contributed by atoms with Crippen LogP contribution in [0, 0.1) is 11.2 Å². The van der Waals surface area contributed by atoms with Crippen LogP contribution < -0.4 is 11.1 Å². The monoisotopic (exact) mass is 300 g/mol. The van der Waals surface area contributed by atoms with Crippen molar-refractivity contribution >= 4 is 11.9 Å². The molecule has 6 heteroatoms. The number of rotatable bonds is 3. The number of hydrogen-bond acceptors (Lipinski definition) is 5. The molecule has 0 fully saturated rings. The van der Waals surface area contributed by atoms with E-state index < -0.39 is 5.82 Å². The summed E-state index contributed by atoms with van der Waals surface area (Å²) in [5.74, 6) is -0.449. The summed E-state index contributed by atoms with van der Waals surface area (Å²) in [5, 5.41) is 10.2. The molecule has 0 bridgehead atoms. The van der Waals surface area contributed by atoms with E-state index >= 15 is 0 Å². The van der Waals surface area contributed by atoms with E-state index in [4.69, 9.17) is 15.9 Å². The Morgan fingerprint density at radius 3 is 3.00 bits per heavy atom. The van der Waals surface area contributed by atoms with Crippen LogP contribution >= 0.6 is 0 Å². The van der Waals surface area contributed by atoms with E-state index in [9.17, 15) is 4.39 Å². The smallest absolute Gasteiger partial charge is 0.134 e. The van der Waals surface area contributed by atoms with Gasteiger partial charge in [0.1, 0.15) is 5.82 Å². The van der Waals surface area contributed by atoms with Crippen molar-refractivity contribution in [1.82, 2.24) is 4.98 Å². The van der Waals surface area contributed by atoms with Gasteiger partial charge >= 0.3 is 0 Å². The number of pyridine rings is 1. The number of ether oxygens (including phenoxy) is 1. The maximum atomic E-state index is 14.2. The predicted molar refractivity (Wildman–Crippen MR) is 83.6 cm³/mol. The molecule has 0 spiro atoms. The molecule has 0 saturated carbocycles. The molecule has 4 N–H and O–H groups in total. The van der Waals surface area contributed by atoms with Crippen LogP contribution in [-0.2, 0) is 11.3 Å². The van der Waals surface area contributed by atoms with E-state index in [0.717, 1.165) is 22.9 Å². The van der Waals surface area contributed by atoms with Crippen molar-refractivity contribution < 1.29 is 9.13 Å².